The highest BCUT2D eigenvalue weighted by atomic mass is 35.5. The third-order valence-electron chi connectivity index (χ3n) is 1.25. The van der Waals surface area contributed by atoms with E-state index in [4.69, 9.17) is 16.7 Å². The van der Waals surface area contributed by atoms with Crippen molar-refractivity contribution in [1.29, 1.82) is 0 Å². The maximum atomic E-state index is 10.3. The lowest BCUT2D eigenvalue weighted by atomic mass is 10.4. The first-order chi connectivity index (χ1) is 6.20. The molecule has 1 N–H and O–H groups in total. The Hall–Kier alpha value is -0.930. The molecule has 0 aliphatic rings. The van der Waals surface area contributed by atoms with Gasteiger partial charge in [-0.2, -0.15) is 0 Å². The van der Waals surface area contributed by atoms with Crippen LogP contribution < -0.4 is 0 Å². The molecular weight excluding hydrogens is 208 g/mol. The molecule has 1 rings (SSSR count). The van der Waals surface area contributed by atoms with Crippen LogP contribution >= 0.6 is 23.4 Å². The van der Waals surface area contributed by atoms with Crippen molar-refractivity contribution >= 4 is 29.3 Å². The summed E-state index contributed by atoms with van der Waals surface area (Å²) in [6.45, 7) is 0. The van der Waals surface area contributed by atoms with Crippen molar-refractivity contribution in [3.05, 3.63) is 40.8 Å². The Kier molecular flexibility index (Phi) is 3.86. The van der Waals surface area contributed by atoms with E-state index in [1.807, 2.05) is 30.3 Å². The van der Waals surface area contributed by atoms with Gasteiger partial charge in [-0.3, -0.25) is 0 Å². The number of carboxylic acid groups (broad SMARTS) is 1. The first kappa shape index (κ1) is 10.2. The third kappa shape index (κ3) is 3.53. The van der Waals surface area contributed by atoms with Crippen LogP contribution in [0.25, 0.3) is 0 Å². The van der Waals surface area contributed by atoms with E-state index in [1.165, 1.54) is 17.2 Å². The monoisotopic (exact) mass is 214 g/mol. The van der Waals surface area contributed by atoms with Gasteiger partial charge in [0, 0.05) is 10.3 Å². The maximum absolute atomic E-state index is 10.3. The zero-order valence-corrected chi connectivity index (χ0v) is 8.18. The van der Waals surface area contributed by atoms with Crippen molar-refractivity contribution in [2.75, 3.05) is 0 Å². The Morgan fingerprint density at radius 2 is 2.00 bits per heavy atom. The van der Waals surface area contributed by atoms with Crippen LogP contribution in [-0.4, -0.2) is 11.1 Å². The number of benzene rings is 1. The normalized spacial score (nSPS) is 11.3. The second-order valence-electron chi connectivity index (χ2n) is 2.20. The number of carbonyl (C=O) groups is 1. The van der Waals surface area contributed by atoms with Gasteiger partial charge in [0.2, 0.25) is 0 Å². The van der Waals surface area contributed by atoms with Crippen molar-refractivity contribution in [2.45, 2.75) is 4.90 Å². The molecule has 13 heavy (non-hydrogen) atoms. The lowest BCUT2D eigenvalue weighted by molar-refractivity contribution is -0.131. The van der Waals surface area contributed by atoms with Gasteiger partial charge in [-0.15, -0.1) is 0 Å². The minimum absolute atomic E-state index is 0.172. The predicted octanol–water partition coefficient (Wildman–Crippen LogP) is 2.94. The molecule has 0 saturated heterocycles. The molecule has 1 aromatic rings. The summed E-state index contributed by atoms with van der Waals surface area (Å²) in [7, 11) is 0. The number of thioether (sulfide) groups is 1. The molecule has 4 heteroatoms. The van der Waals surface area contributed by atoms with Crippen LogP contribution in [0.15, 0.2) is 45.7 Å². The lowest BCUT2D eigenvalue weighted by Crippen LogP contribution is -1.91. The van der Waals surface area contributed by atoms with Gasteiger partial charge < -0.3 is 5.11 Å². The average molecular weight is 215 g/mol. The van der Waals surface area contributed by atoms with Gasteiger partial charge in [0.25, 0.3) is 0 Å². The van der Waals surface area contributed by atoms with Crippen molar-refractivity contribution in [3.63, 3.8) is 0 Å². The summed E-state index contributed by atoms with van der Waals surface area (Å²) in [5.41, 5.74) is 0. The summed E-state index contributed by atoms with van der Waals surface area (Å²) in [6.07, 6.45) is 0. The topological polar surface area (TPSA) is 37.3 Å². The van der Waals surface area contributed by atoms with Gasteiger partial charge in [-0.1, -0.05) is 41.6 Å². The number of carboxylic acids is 1. The molecule has 0 heterocycles. The van der Waals surface area contributed by atoms with Gasteiger partial charge >= 0.3 is 5.97 Å². The second kappa shape index (κ2) is 4.94. The zero-order chi connectivity index (χ0) is 9.68. The molecule has 1 aromatic carbocycles. The molecule has 0 fully saturated rings. The van der Waals surface area contributed by atoms with Crippen molar-refractivity contribution in [1.82, 2.24) is 0 Å². The summed E-state index contributed by atoms with van der Waals surface area (Å²) < 4.78 is 0. The van der Waals surface area contributed by atoms with Gasteiger partial charge in [-0.25, -0.2) is 4.79 Å². The fourth-order valence-corrected chi connectivity index (χ4v) is 1.46. The fourth-order valence-electron chi connectivity index (χ4n) is 0.669. The van der Waals surface area contributed by atoms with E-state index in [2.05, 4.69) is 0 Å². The molecule has 0 atom stereocenters. The molecule has 0 saturated carbocycles. The molecule has 0 aromatic heterocycles. The highest BCUT2D eigenvalue weighted by Crippen LogP contribution is 2.21. The molecule has 0 unspecified atom stereocenters. The predicted molar refractivity (Wildman–Crippen MR) is 53.9 cm³/mol. The number of halogens is 1. The maximum Gasteiger partial charge on any atom is 0.347 e. The number of rotatable bonds is 3. The van der Waals surface area contributed by atoms with Gasteiger partial charge in [0.05, 0.1) is 0 Å². The number of aliphatic carboxylic acids is 1. The van der Waals surface area contributed by atoms with Gasteiger partial charge in [0.1, 0.15) is 5.03 Å². The van der Waals surface area contributed by atoms with Crippen LogP contribution in [-0.2, 0) is 4.79 Å². The van der Waals surface area contributed by atoms with Crippen molar-refractivity contribution < 1.29 is 9.90 Å². The van der Waals surface area contributed by atoms with Gasteiger partial charge in [-0.05, 0) is 12.1 Å². The SMILES string of the molecule is O=C(O)/C(Cl)=C/Sc1ccccc1. The summed E-state index contributed by atoms with van der Waals surface area (Å²) >= 11 is 6.69. The van der Waals surface area contributed by atoms with Crippen LogP contribution in [0, 0.1) is 0 Å². The van der Waals surface area contributed by atoms with E-state index in [-0.39, 0.29) is 5.03 Å². The van der Waals surface area contributed by atoms with Gasteiger partial charge in [0.15, 0.2) is 0 Å². The van der Waals surface area contributed by atoms with Crippen LogP contribution in [0.2, 0.25) is 0 Å². The Balaban J connectivity index is 2.62. The smallest absolute Gasteiger partial charge is 0.347 e. The van der Waals surface area contributed by atoms with Crippen LogP contribution in [0.3, 0.4) is 0 Å². The largest absolute Gasteiger partial charge is 0.477 e. The van der Waals surface area contributed by atoms with Crippen LogP contribution in [0.4, 0.5) is 0 Å². The van der Waals surface area contributed by atoms with E-state index in [0.717, 1.165) is 4.90 Å². The highest BCUT2D eigenvalue weighted by molar-refractivity contribution is 8.02. The second-order valence-corrected chi connectivity index (χ2v) is 3.55. The van der Waals surface area contributed by atoms with Crippen LogP contribution in [0.1, 0.15) is 0 Å². The summed E-state index contributed by atoms with van der Waals surface area (Å²) in [6, 6.07) is 9.42. The fraction of sp³-hybridized carbons (Fsp3) is 0. The van der Waals surface area contributed by atoms with E-state index >= 15 is 0 Å². The standard InChI is InChI=1S/C9H7ClO2S/c10-8(9(11)12)6-13-7-4-2-1-3-5-7/h1-6H,(H,11,12)/b8-6-. The Morgan fingerprint density at radius 1 is 1.38 bits per heavy atom. The van der Waals surface area contributed by atoms with E-state index in [1.54, 1.807) is 0 Å². The van der Waals surface area contributed by atoms with Crippen LogP contribution in [0.5, 0.6) is 0 Å². The molecule has 2 nitrogen and oxygen atoms in total. The summed E-state index contributed by atoms with van der Waals surface area (Å²) in [5, 5.41) is 9.68. The van der Waals surface area contributed by atoms with E-state index in [9.17, 15) is 4.79 Å². The Labute approximate surface area is 85.2 Å². The average Bonchev–Trinajstić information content (AvgIpc) is 2.15. The number of hydrogen-bond acceptors (Lipinski definition) is 2. The number of hydrogen-bond donors (Lipinski definition) is 1. The van der Waals surface area contributed by atoms with Crippen molar-refractivity contribution in [3.8, 4) is 0 Å². The third-order valence-corrected chi connectivity index (χ3v) is 2.54. The molecule has 68 valence electrons. The van der Waals surface area contributed by atoms with E-state index in [0.29, 0.717) is 0 Å². The molecule has 0 radical (unpaired) electrons. The molecule has 0 aliphatic carbocycles. The molecule has 0 aliphatic heterocycles. The zero-order valence-electron chi connectivity index (χ0n) is 6.61. The molecule has 0 amide bonds. The molecular formula is C9H7ClO2S. The minimum Gasteiger partial charge on any atom is -0.477 e. The summed E-state index contributed by atoms with van der Waals surface area (Å²) in [4.78, 5) is 11.3. The molecule has 0 spiro atoms. The highest BCUT2D eigenvalue weighted by Gasteiger charge is 2.01. The minimum atomic E-state index is -1.11. The van der Waals surface area contributed by atoms with E-state index < -0.39 is 5.97 Å². The van der Waals surface area contributed by atoms with Crippen molar-refractivity contribution in [2.24, 2.45) is 0 Å². The Bertz CT molecular complexity index is 322. The first-order valence-electron chi connectivity index (χ1n) is 3.51. The molecule has 0 bridgehead atoms. The quantitative estimate of drug-likeness (QED) is 0.621. The lowest BCUT2D eigenvalue weighted by Gasteiger charge is -1.94. The first-order valence-corrected chi connectivity index (χ1v) is 4.76. The Morgan fingerprint density at radius 3 is 2.54 bits per heavy atom. The summed E-state index contributed by atoms with van der Waals surface area (Å²) in [5.74, 6) is -1.11.